The lowest BCUT2D eigenvalue weighted by atomic mass is 9.89. The van der Waals surface area contributed by atoms with E-state index in [1.54, 1.807) is 25.0 Å². The lowest BCUT2D eigenvalue weighted by molar-refractivity contribution is 0.174. The maximum Gasteiger partial charge on any atom is 0.281 e. The second-order valence-electron chi connectivity index (χ2n) is 13.5. The summed E-state index contributed by atoms with van der Waals surface area (Å²) in [5, 5.41) is 0. The van der Waals surface area contributed by atoms with Gasteiger partial charge in [0, 0.05) is 65.6 Å². The van der Waals surface area contributed by atoms with Crippen molar-refractivity contribution in [1.29, 1.82) is 0 Å². The minimum absolute atomic E-state index is 0.313. The van der Waals surface area contributed by atoms with Gasteiger partial charge in [-0.05, 0) is 100 Å². The van der Waals surface area contributed by atoms with Crippen molar-refractivity contribution in [1.82, 2.24) is 17.8 Å². The number of benzene rings is 1. The predicted octanol–water partition coefficient (Wildman–Crippen LogP) is 4.23. The van der Waals surface area contributed by atoms with Gasteiger partial charge in [0.15, 0.2) is 0 Å². The maximum absolute atomic E-state index is 14.1. The van der Waals surface area contributed by atoms with Gasteiger partial charge in [-0.1, -0.05) is 25.7 Å². The average molecular weight is 624 g/mol. The fraction of sp³-hybridized carbons (Fsp3) is 0.806. The van der Waals surface area contributed by atoms with Crippen LogP contribution in [0.1, 0.15) is 77.0 Å². The summed E-state index contributed by atoms with van der Waals surface area (Å²) in [4.78, 5) is 4.77. The second kappa shape index (κ2) is 13.8. The molecule has 11 heteroatoms. The summed E-state index contributed by atoms with van der Waals surface area (Å²) in [7, 11) is -3.43. The first-order chi connectivity index (χ1) is 20.1. The summed E-state index contributed by atoms with van der Waals surface area (Å²) in [6.45, 7) is 5.63. The highest BCUT2D eigenvalue weighted by Gasteiger charge is 2.49. The second-order valence-corrected chi connectivity index (χ2v) is 17.4. The van der Waals surface area contributed by atoms with Gasteiger partial charge in [0.05, 0.1) is 4.90 Å². The van der Waals surface area contributed by atoms with Crippen molar-refractivity contribution in [3.05, 3.63) is 24.3 Å². The molecule has 1 aromatic carbocycles. The monoisotopic (exact) mass is 623 g/mol. The number of sulfonamides is 1. The third kappa shape index (κ3) is 7.88. The zero-order valence-electron chi connectivity index (χ0n) is 25.9. The van der Waals surface area contributed by atoms with Crippen LogP contribution in [0, 0.1) is 11.3 Å². The van der Waals surface area contributed by atoms with Crippen molar-refractivity contribution in [2.24, 2.45) is 11.3 Å². The molecule has 2 saturated heterocycles. The lowest BCUT2D eigenvalue weighted by Crippen LogP contribution is -2.50. The zero-order chi connectivity index (χ0) is 29.8. The molecule has 0 radical (unpaired) electrons. The molecule has 0 N–H and O–H groups in total. The Balaban J connectivity index is 1.40. The molecule has 0 unspecified atom stereocenters. The van der Waals surface area contributed by atoms with Gasteiger partial charge in [0.25, 0.3) is 10.2 Å². The molecule has 42 heavy (non-hydrogen) atoms. The van der Waals surface area contributed by atoms with Crippen LogP contribution < -0.4 is 4.90 Å². The molecular formula is C31H53N5O4S2. The van der Waals surface area contributed by atoms with Crippen LogP contribution in [0.15, 0.2) is 29.2 Å². The van der Waals surface area contributed by atoms with E-state index < -0.39 is 20.2 Å². The van der Waals surface area contributed by atoms with Crippen molar-refractivity contribution < 1.29 is 16.8 Å². The highest BCUT2D eigenvalue weighted by atomic mass is 32.2. The van der Waals surface area contributed by atoms with Crippen LogP contribution in [0.4, 0.5) is 5.69 Å². The molecule has 2 aliphatic carbocycles. The molecule has 4 fully saturated rings. The molecule has 0 amide bonds. The Morgan fingerprint density at radius 2 is 1.24 bits per heavy atom. The van der Waals surface area contributed by atoms with Crippen molar-refractivity contribution in [2.45, 2.75) is 81.9 Å². The summed E-state index contributed by atoms with van der Waals surface area (Å²) >= 11 is 0. The van der Waals surface area contributed by atoms with E-state index in [-0.39, 0.29) is 5.41 Å². The molecule has 4 aliphatic rings. The van der Waals surface area contributed by atoms with Gasteiger partial charge in [-0.25, -0.2) is 8.42 Å². The third-order valence-electron chi connectivity index (χ3n) is 9.94. The minimum Gasteiger partial charge on any atom is -0.378 e. The first-order valence-corrected chi connectivity index (χ1v) is 19.2. The highest BCUT2D eigenvalue weighted by molar-refractivity contribution is 7.89. The lowest BCUT2D eigenvalue weighted by Gasteiger charge is -2.37. The number of piperidine rings is 1. The van der Waals surface area contributed by atoms with Crippen LogP contribution in [0.25, 0.3) is 0 Å². The van der Waals surface area contributed by atoms with Gasteiger partial charge in [-0.15, -0.1) is 0 Å². The van der Waals surface area contributed by atoms with Gasteiger partial charge < -0.3 is 9.80 Å². The summed E-state index contributed by atoms with van der Waals surface area (Å²) in [6.07, 6.45) is 12.6. The van der Waals surface area contributed by atoms with Gasteiger partial charge in [-0.3, -0.25) is 0 Å². The number of nitrogens with zero attached hydrogens (tertiary/aromatic N) is 5. The molecule has 1 aromatic rings. The predicted molar refractivity (Wildman–Crippen MR) is 169 cm³/mol. The van der Waals surface area contributed by atoms with Crippen molar-refractivity contribution in [3.63, 3.8) is 0 Å². The Labute approximate surface area is 255 Å². The minimum atomic E-state index is -3.72. The van der Waals surface area contributed by atoms with Crippen LogP contribution in [0.3, 0.4) is 0 Å². The van der Waals surface area contributed by atoms with Gasteiger partial charge in [0.1, 0.15) is 0 Å². The maximum atomic E-state index is 14.1. The van der Waals surface area contributed by atoms with Gasteiger partial charge in [-0.2, -0.15) is 21.3 Å². The molecule has 5 rings (SSSR count). The van der Waals surface area contributed by atoms with Crippen LogP contribution in [0.5, 0.6) is 0 Å². The molecule has 9 nitrogen and oxygen atoms in total. The summed E-state index contributed by atoms with van der Waals surface area (Å²) in [5.74, 6) is 0.685. The van der Waals surface area contributed by atoms with Gasteiger partial charge in [0.2, 0.25) is 10.0 Å². The largest absolute Gasteiger partial charge is 0.378 e. The quantitative estimate of drug-likeness (QED) is 0.452. The normalized spacial score (nSPS) is 25.1. The van der Waals surface area contributed by atoms with Crippen LogP contribution in [0.2, 0.25) is 0 Å². The number of rotatable bonds is 7. The molecule has 238 valence electrons. The molecular weight excluding hydrogens is 571 g/mol. The van der Waals surface area contributed by atoms with Crippen LogP contribution in [-0.4, -0.2) is 108 Å². The molecule has 0 aromatic heterocycles. The molecule has 2 saturated carbocycles. The van der Waals surface area contributed by atoms with E-state index >= 15 is 0 Å². The summed E-state index contributed by atoms with van der Waals surface area (Å²) < 4.78 is 61.2. The standard InChI is InChI=1S/C31H53N5O4S2/c1-32(2)29-13-15-30(16-14-29)41(37,38)35-23-9-19-33(25-28-11-5-3-6-12-28)20-10-24-36(27-31(26-35)17-18-31)42(39,40)34-21-7-4-8-22-34/h13-16,28H,3-12,17-27H2,1-2H3. The molecule has 0 atom stereocenters. The molecule has 2 aliphatic heterocycles. The number of hydrogen-bond donors (Lipinski definition) is 0. The Bertz CT molecular complexity index is 1220. The summed E-state index contributed by atoms with van der Waals surface area (Å²) in [6, 6.07) is 7.13. The highest BCUT2D eigenvalue weighted by Crippen LogP contribution is 2.48. The van der Waals surface area contributed by atoms with Crippen molar-refractivity contribution in [2.75, 3.05) is 77.9 Å². The van der Waals surface area contributed by atoms with Crippen molar-refractivity contribution in [3.8, 4) is 0 Å². The van der Waals surface area contributed by atoms with E-state index in [1.165, 1.54) is 32.1 Å². The Hall–Kier alpha value is -1.24. The van der Waals surface area contributed by atoms with Gasteiger partial charge >= 0.3 is 0 Å². The topological polar surface area (TPSA) is 84.5 Å². The third-order valence-corrected chi connectivity index (χ3v) is 13.8. The average Bonchev–Trinajstić information content (AvgIpc) is 3.75. The van der Waals surface area contributed by atoms with Crippen LogP contribution in [-0.2, 0) is 20.2 Å². The number of anilines is 1. The van der Waals surface area contributed by atoms with E-state index in [1.807, 2.05) is 31.1 Å². The fourth-order valence-corrected chi connectivity index (χ4v) is 10.6. The SMILES string of the molecule is CN(C)c1ccc(S(=O)(=O)N2CCCN(CC3CCCCC3)CCCN(S(=O)(=O)N3CCCCC3)CC3(CC3)C2)cc1. The first kappa shape index (κ1) is 32.2. The van der Waals surface area contributed by atoms with Crippen molar-refractivity contribution >= 4 is 25.9 Å². The summed E-state index contributed by atoms with van der Waals surface area (Å²) in [5.41, 5.74) is 0.638. The van der Waals surface area contributed by atoms with E-state index in [9.17, 15) is 16.8 Å². The first-order valence-electron chi connectivity index (χ1n) is 16.3. The van der Waals surface area contributed by atoms with Crippen LogP contribution >= 0.6 is 0 Å². The van der Waals surface area contributed by atoms with E-state index in [4.69, 9.17) is 0 Å². The van der Waals surface area contributed by atoms with E-state index in [0.29, 0.717) is 50.1 Å². The molecule has 0 bridgehead atoms. The Morgan fingerprint density at radius 1 is 0.690 bits per heavy atom. The molecule has 2 heterocycles. The Kier molecular flexibility index (Phi) is 10.6. The number of hydrogen-bond acceptors (Lipinski definition) is 6. The Morgan fingerprint density at radius 3 is 1.83 bits per heavy atom. The fourth-order valence-electron chi connectivity index (χ4n) is 7.15. The smallest absolute Gasteiger partial charge is 0.281 e. The van der Waals surface area contributed by atoms with E-state index in [2.05, 4.69) is 4.90 Å². The molecule has 1 spiro atoms. The van der Waals surface area contributed by atoms with E-state index in [0.717, 1.165) is 70.3 Å². The zero-order valence-corrected chi connectivity index (χ0v) is 27.6.